The second kappa shape index (κ2) is 3.69. The molecule has 0 aliphatic carbocycles. The summed E-state index contributed by atoms with van der Waals surface area (Å²) in [5, 5.41) is 0.518. The third-order valence-electron chi connectivity index (χ3n) is 2.93. The van der Waals surface area contributed by atoms with Crippen LogP contribution in [-0.2, 0) is 0 Å². The van der Waals surface area contributed by atoms with Crippen LogP contribution in [0.15, 0.2) is 0 Å². The van der Waals surface area contributed by atoms with Crippen LogP contribution in [0.25, 0.3) is 0 Å². The Morgan fingerprint density at radius 1 is 1.17 bits per heavy atom. The summed E-state index contributed by atoms with van der Waals surface area (Å²) in [7, 11) is -1.07. The second-order valence-electron chi connectivity index (χ2n) is 6.30. The van der Waals surface area contributed by atoms with Gasteiger partial charge in [0.2, 0.25) is 0 Å². The number of nitrogens with two attached hydrogens (primary N) is 1. The zero-order valence-corrected chi connectivity index (χ0v) is 14.7. The van der Waals surface area contributed by atoms with Crippen molar-refractivity contribution in [3.05, 3.63) is 0 Å². The van der Waals surface area contributed by atoms with Gasteiger partial charge in [0.1, 0.15) is 0 Å². The van der Waals surface area contributed by atoms with Gasteiger partial charge in [-0.2, -0.15) is 0 Å². The predicted molar refractivity (Wildman–Crippen MR) is 63.7 cm³/mol. The normalized spacial score (nSPS) is 15.0. The molecule has 74 valence electrons. The molecule has 0 radical (unpaired) electrons. The second-order valence-corrected chi connectivity index (χ2v) is 31.5. The van der Waals surface area contributed by atoms with Crippen molar-refractivity contribution in [3.8, 4) is 0 Å². The Kier molecular flexibility index (Phi) is 4.03. The quantitative estimate of drug-likeness (QED) is 0.729. The van der Waals surface area contributed by atoms with E-state index in [0.29, 0.717) is 5.04 Å². The molecule has 0 aliphatic rings. The SMILES string of the molecule is CC(C)(C)[Si](C)(C)[CH2][Pb]([CH3])([CH3])[NH2]. The van der Waals surface area contributed by atoms with Gasteiger partial charge in [0.15, 0.2) is 0 Å². The first kappa shape index (κ1) is 13.1. The van der Waals surface area contributed by atoms with Crippen LogP contribution < -0.4 is 3.54 Å². The molecule has 0 spiro atoms. The molecule has 0 aromatic rings. The minimum absolute atomic E-state index is 0.518. The molecule has 0 rings (SSSR count). The first-order valence-corrected chi connectivity index (χ1v) is 20.7. The minimum atomic E-state index is -2.15. The molecule has 0 saturated carbocycles. The number of hydrogen-bond acceptors (Lipinski definition) is 1. The van der Waals surface area contributed by atoms with Crippen molar-refractivity contribution in [2.75, 3.05) is 0 Å². The van der Waals surface area contributed by atoms with Gasteiger partial charge < -0.3 is 0 Å². The van der Waals surface area contributed by atoms with Crippen LogP contribution in [0.1, 0.15) is 20.8 Å². The van der Waals surface area contributed by atoms with E-state index in [2.05, 4.69) is 42.8 Å². The molecule has 0 aromatic heterocycles. The summed E-state index contributed by atoms with van der Waals surface area (Å²) in [6, 6.07) is 0. The Bertz CT molecular complexity index is 153. The first-order chi connectivity index (χ1) is 4.96. The van der Waals surface area contributed by atoms with E-state index in [9.17, 15) is 0 Å². The molecule has 0 amide bonds. The van der Waals surface area contributed by atoms with Crippen molar-refractivity contribution in [1.82, 2.24) is 0 Å². The van der Waals surface area contributed by atoms with Gasteiger partial charge in [0.05, 0.1) is 0 Å². The van der Waals surface area contributed by atoms with E-state index < -0.39 is 29.5 Å². The molecule has 0 aliphatic heterocycles. The van der Waals surface area contributed by atoms with Gasteiger partial charge in [0.25, 0.3) is 0 Å². The average Bonchev–Trinajstić information content (AvgIpc) is 1.52. The van der Waals surface area contributed by atoms with Crippen molar-refractivity contribution in [2.24, 2.45) is 3.54 Å². The summed E-state index contributed by atoms with van der Waals surface area (Å²) < 4.78 is 12.4. The van der Waals surface area contributed by atoms with Gasteiger partial charge in [-0.05, 0) is 0 Å². The molecular weight excluding hydrogens is 357 g/mol. The topological polar surface area (TPSA) is 26.0 Å². The van der Waals surface area contributed by atoms with Crippen molar-refractivity contribution in [1.29, 1.82) is 0 Å². The summed E-state index contributed by atoms with van der Waals surface area (Å²) in [5.74, 6) is 0. The van der Waals surface area contributed by atoms with Crippen LogP contribution in [0.4, 0.5) is 0 Å². The van der Waals surface area contributed by atoms with Gasteiger partial charge in [-0.25, -0.2) is 0 Å². The fourth-order valence-electron chi connectivity index (χ4n) is 1.40. The summed E-state index contributed by atoms with van der Waals surface area (Å²) in [6.07, 6.45) is 0. The fourth-order valence-corrected chi connectivity index (χ4v) is 37.0. The van der Waals surface area contributed by atoms with Crippen molar-refractivity contribution >= 4 is 29.5 Å². The van der Waals surface area contributed by atoms with E-state index in [1.165, 1.54) is 3.60 Å². The van der Waals surface area contributed by atoms with E-state index in [1.807, 2.05) is 0 Å². The molecule has 0 fully saturated rings. The molecule has 0 aromatic carbocycles. The Labute approximate surface area is 84.2 Å². The van der Waals surface area contributed by atoms with Crippen LogP contribution in [-0.4, -0.2) is 29.5 Å². The molecule has 2 N–H and O–H groups in total. The summed E-state index contributed by atoms with van der Waals surface area (Å²) in [4.78, 5) is 0. The van der Waals surface area contributed by atoms with E-state index in [-0.39, 0.29) is 0 Å². The van der Waals surface area contributed by atoms with Gasteiger partial charge in [0, 0.05) is 0 Å². The number of rotatable bonds is 2. The molecule has 0 heterocycles. The zero-order valence-electron chi connectivity index (χ0n) is 9.78. The third kappa shape index (κ3) is 4.37. The Morgan fingerprint density at radius 3 is 1.58 bits per heavy atom. The van der Waals surface area contributed by atoms with Gasteiger partial charge in [-0.1, -0.05) is 0 Å². The predicted octanol–water partition coefficient (Wildman–Crippen LogP) is 3.20. The molecule has 0 saturated heterocycles. The van der Waals surface area contributed by atoms with E-state index in [0.717, 1.165) is 0 Å². The fraction of sp³-hybridized carbons (Fsp3) is 1.00. The van der Waals surface area contributed by atoms with Crippen LogP contribution >= 0.6 is 0 Å². The van der Waals surface area contributed by atoms with Crippen molar-refractivity contribution in [2.45, 2.75) is 51.5 Å². The summed E-state index contributed by atoms with van der Waals surface area (Å²) >= 11 is -2.15. The van der Waals surface area contributed by atoms with Crippen LogP contribution in [0.3, 0.4) is 0 Å². The molecule has 1 nitrogen and oxygen atoms in total. The van der Waals surface area contributed by atoms with Crippen molar-refractivity contribution in [3.63, 3.8) is 0 Å². The van der Waals surface area contributed by atoms with Crippen LogP contribution in [0.2, 0.25) is 30.7 Å². The molecule has 0 bridgehead atoms. The maximum absolute atomic E-state index is 6.28. The van der Waals surface area contributed by atoms with Crippen LogP contribution in [0.5, 0.6) is 0 Å². The Morgan fingerprint density at radius 2 is 1.50 bits per heavy atom. The Balaban J connectivity index is 4.44. The van der Waals surface area contributed by atoms with E-state index >= 15 is 0 Å². The Hall–Kier alpha value is 1.10. The average molecular weight is 383 g/mol. The molecule has 0 atom stereocenters. The van der Waals surface area contributed by atoms with E-state index in [1.54, 1.807) is 0 Å². The third-order valence-corrected chi connectivity index (χ3v) is 29.7. The molecule has 12 heavy (non-hydrogen) atoms. The zero-order chi connectivity index (χ0) is 10.2. The van der Waals surface area contributed by atoms with Crippen LogP contribution in [0, 0.1) is 0 Å². The molecule has 0 unspecified atom stereocenters. The number of hydrogen-bond donors (Lipinski definition) is 1. The standard InChI is InChI=1S/C7H17Si.2CH3.H2N.Pb/c1-7(2,3)8(4,5)6;;;;/h4H2,1-3,5-6H3;2*1H3;1H2;/q;;;-1;+1. The van der Waals surface area contributed by atoms with Crippen molar-refractivity contribution < 1.29 is 0 Å². The molecular formula is C9H25NPbSi. The summed E-state index contributed by atoms with van der Waals surface area (Å²) in [5.41, 5.74) is 0. The van der Waals surface area contributed by atoms with Gasteiger partial charge >= 0.3 is 84.6 Å². The first-order valence-electron chi connectivity index (χ1n) is 4.75. The monoisotopic (exact) mass is 383 g/mol. The van der Waals surface area contributed by atoms with Gasteiger partial charge in [-0.3, -0.25) is 0 Å². The maximum atomic E-state index is 6.28. The van der Waals surface area contributed by atoms with E-state index in [4.69, 9.17) is 3.54 Å². The summed E-state index contributed by atoms with van der Waals surface area (Å²) in [6.45, 7) is 12.1. The van der Waals surface area contributed by atoms with Gasteiger partial charge in [-0.15, -0.1) is 0 Å². The molecule has 3 heteroatoms.